The standard InChI is InChI=1S/C11H11NO3/c1-6-3-8(14)10-9(11(6)15)7(5-13)4-12(10)2/h3-4,13H,5H2,1-2H3. The minimum Gasteiger partial charge on any atom is -0.392 e. The van der Waals surface area contributed by atoms with Gasteiger partial charge < -0.3 is 9.67 Å². The van der Waals surface area contributed by atoms with Gasteiger partial charge in [0.15, 0.2) is 5.78 Å². The predicted molar refractivity (Wildman–Crippen MR) is 53.8 cm³/mol. The number of fused-ring (bicyclic) bond motifs is 1. The van der Waals surface area contributed by atoms with E-state index < -0.39 is 0 Å². The van der Waals surface area contributed by atoms with E-state index in [1.54, 1.807) is 24.7 Å². The molecular weight excluding hydrogens is 194 g/mol. The second-order valence-corrected chi connectivity index (χ2v) is 3.67. The summed E-state index contributed by atoms with van der Waals surface area (Å²) in [6.07, 6.45) is 2.96. The molecule has 2 rings (SSSR count). The molecule has 1 N–H and O–H groups in total. The van der Waals surface area contributed by atoms with Gasteiger partial charge in [0, 0.05) is 24.4 Å². The number of hydrogen-bond acceptors (Lipinski definition) is 3. The Morgan fingerprint density at radius 3 is 2.67 bits per heavy atom. The largest absolute Gasteiger partial charge is 0.392 e. The summed E-state index contributed by atoms with van der Waals surface area (Å²) in [6.45, 7) is 1.38. The lowest BCUT2D eigenvalue weighted by atomic mass is 9.93. The van der Waals surface area contributed by atoms with Crippen LogP contribution in [0.1, 0.15) is 33.3 Å². The van der Waals surface area contributed by atoms with Crippen molar-refractivity contribution in [2.75, 3.05) is 0 Å². The molecule has 15 heavy (non-hydrogen) atoms. The van der Waals surface area contributed by atoms with Gasteiger partial charge in [-0.1, -0.05) is 0 Å². The molecule has 0 aromatic carbocycles. The van der Waals surface area contributed by atoms with E-state index in [2.05, 4.69) is 0 Å². The van der Waals surface area contributed by atoms with Crippen LogP contribution in [0.3, 0.4) is 0 Å². The van der Waals surface area contributed by atoms with Crippen LogP contribution in [0.15, 0.2) is 17.8 Å². The second-order valence-electron chi connectivity index (χ2n) is 3.67. The third-order valence-electron chi connectivity index (χ3n) is 2.60. The van der Waals surface area contributed by atoms with Gasteiger partial charge in [-0.05, 0) is 13.0 Å². The van der Waals surface area contributed by atoms with Gasteiger partial charge >= 0.3 is 0 Å². The number of aromatic nitrogens is 1. The van der Waals surface area contributed by atoms with Gasteiger partial charge in [0.1, 0.15) is 5.69 Å². The molecule has 78 valence electrons. The minimum absolute atomic E-state index is 0.172. The second kappa shape index (κ2) is 3.17. The first-order chi connectivity index (χ1) is 7.06. The minimum atomic E-state index is -0.227. The number of rotatable bonds is 1. The summed E-state index contributed by atoms with van der Waals surface area (Å²) in [6, 6.07) is 0. The molecule has 1 aromatic rings. The highest BCUT2D eigenvalue weighted by atomic mass is 16.3. The topological polar surface area (TPSA) is 59.3 Å². The van der Waals surface area contributed by atoms with Crippen LogP contribution in [0.5, 0.6) is 0 Å². The Morgan fingerprint density at radius 2 is 2.07 bits per heavy atom. The number of aliphatic hydroxyl groups is 1. The van der Waals surface area contributed by atoms with Crippen LogP contribution < -0.4 is 0 Å². The molecule has 1 aromatic heterocycles. The first kappa shape index (κ1) is 9.86. The molecule has 1 aliphatic rings. The third kappa shape index (κ3) is 1.26. The van der Waals surface area contributed by atoms with E-state index in [1.165, 1.54) is 6.08 Å². The molecule has 0 saturated carbocycles. The maximum Gasteiger partial charge on any atom is 0.203 e. The predicted octanol–water partition coefficient (Wildman–Crippen LogP) is 0.843. The molecule has 0 amide bonds. The van der Waals surface area contributed by atoms with Crippen LogP contribution in [0.25, 0.3) is 0 Å². The summed E-state index contributed by atoms with van der Waals surface area (Å²) in [7, 11) is 1.69. The van der Waals surface area contributed by atoms with Crippen molar-refractivity contribution in [3.63, 3.8) is 0 Å². The molecule has 0 bridgehead atoms. The first-order valence-corrected chi connectivity index (χ1v) is 4.62. The third-order valence-corrected chi connectivity index (χ3v) is 2.60. The Morgan fingerprint density at radius 1 is 1.40 bits per heavy atom. The fourth-order valence-corrected chi connectivity index (χ4v) is 1.89. The Bertz CT molecular complexity index is 494. The van der Waals surface area contributed by atoms with Gasteiger partial charge in [-0.25, -0.2) is 0 Å². The van der Waals surface area contributed by atoms with Crippen molar-refractivity contribution in [3.8, 4) is 0 Å². The summed E-state index contributed by atoms with van der Waals surface area (Å²) in [5.74, 6) is -0.349. The number of carbonyl (C=O) groups is 2. The molecule has 0 atom stereocenters. The van der Waals surface area contributed by atoms with Gasteiger partial charge in [0.2, 0.25) is 5.78 Å². The van der Waals surface area contributed by atoms with Gasteiger partial charge in [0.05, 0.1) is 12.2 Å². The zero-order chi connectivity index (χ0) is 11.2. The van der Waals surface area contributed by atoms with E-state index in [9.17, 15) is 9.59 Å². The Balaban J connectivity index is 2.74. The number of allylic oxidation sites excluding steroid dienone is 2. The fraction of sp³-hybridized carbons (Fsp3) is 0.273. The van der Waals surface area contributed by atoms with Crippen LogP contribution in [0.4, 0.5) is 0 Å². The van der Waals surface area contributed by atoms with Crippen molar-refractivity contribution in [3.05, 3.63) is 34.7 Å². The fourth-order valence-electron chi connectivity index (χ4n) is 1.89. The van der Waals surface area contributed by atoms with Crippen LogP contribution in [-0.2, 0) is 13.7 Å². The summed E-state index contributed by atoms with van der Waals surface area (Å²) in [4.78, 5) is 23.5. The normalized spacial score (nSPS) is 15.3. The molecule has 0 unspecified atom stereocenters. The molecule has 0 spiro atoms. The summed E-state index contributed by atoms with van der Waals surface area (Å²) >= 11 is 0. The van der Waals surface area contributed by atoms with Crippen molar-refractivity contribution >= 4 is 11.6 Å². The van der Waals surface area contributed by atoms with Gasteiger partial charge in [-0.3, -0.25) is 9.59 Å². The van der Waals surface area contributed by atoms with Crippen molar-refractivity contribution in [2.45, 2.75) is 13.5 Å². The highest BCUT2D eigenvalue weighted by molar-refractivity contribution is 6.24. The Kier molecular flexibility index (Phi) is 2.08. The number of aliphatic hydroxyl groups excluding tert-OH is 1. The van der Waals surface area contributed by atoms with Crippen LogP contribution in [0.2, 0.25) is 0 Å². The first-order valence-electron chi connectivity index (χ1n) is 4.62. The van der Waals surface area contributed by atoms with E-state index in [4.69, 9.17) is 5.11 Å². The zero-order valence-corrected chi connectivity index (χ0v) is 8.57. The van der Waals surface area contributed by atoms with Gasteiger partial charge in [-0.2, -0.15) is 0 Å². The smallest absolute Gasteiger partial charge is 0.203 e. The van der Waals surface area contributed by atoms with Crippen LogP contribution in [0, 0.1) is 0 Å². The lowest BCUT2D eigenvalue weighted by Crippen LogP contribution is -2.17. The average Bonchev–Trinajstić information content (AvgIpc) is 2.52. The van der Waals surface area contributed by atoms with E-state index in [-0.39, 0.29) is 18.2 Å². The average molecular weight is 205 g/mol. The lowest BCUT2D eigenvalue weighted by Gasteiger charge is -2.10. The summed E-state index contributed by atoms with van der Waals surface area (Å²) in [5.41, 5.74) is 1.66. The highest BCUT2D eigenvalue weighted by Gasteiger charge is 2.28. The van der Waals surface area contributed by atoms with Crippen molar-refractivity contribution in [2.24, 2.45) is 7.05 Å². The highest BCUT2D eigenvalue weighted by Crippen LogP contribution is 2.25. The monoisotopic (exact) mass is 205 g/mol. The SMILES string of the molecule is CC1=CC(=O)c2c(c(CO)cn2C)C1=O. The number of carbonyl (C=O) groups excluding carboxylic acids is 2. The number of aryl methyl sites for hydroxylation is 1. The molecule has 0 fully saturated rings. The van der Waals surface area contributed by atoms with Crippen molar-refractivity contribution in [1.29, 1.82) is 0 Å². The van der Waals surface area contributed by atoms with E-state index in [0.717, 1.165) is 0 Å². The molecule has 0 saturated heterocycles. The molecule has 4 heteroatoms. The Labute approximate surface area is 86.8 Å². The molecule has 0 radical (unpaired) electrons. The van der Waals surface area contributed by atoms with Crippen LogP contribution >= 0.6 is 0 Å². The summed E-state index contributed by atoms with van der Waals surface area (Å²) < 4.78 is 1.59. The molecule has 0 aliphatic heterocycles. The van der Waals surface area contributed by atoms with E-state index in [1.807, 2.05) is 0 Å². The molecule has 1 aliphatic carbocycles. The molecular formula is C11H11NO3. The van der Waals surface area contributed by atoms with E-state index >= 15 is 0 Å². The maximum atomic E-state index is 11.8. The number of hydrogen-bond donors (Lipinski definition) is 1. The zero-order valence-electron chi connectivity index (χ0n) is 8.57. The molecule has 4 nitrogen and oxygen atoms in total. The van der Waals surface area contributed by atoms with E-state index in [0.29, 0.717) is 22.4 Å². The summed E-state index contributed by atoms with van der Waals surface area (Å²) in [5, 5.41) is 9.10. The quantitative estimate of drug-likeness (QED) is 0.739. The maximum absolute atomic E-state index is 11.8. The van der Waals surface area contributed by atoms with Gasteiger partial charge in [0.25, 0.3) is 0 Å². The van der Waals surface area contributed by atoms with Crippen molar-refractivity contribution < 1.29 is 14.7 Å². The molecule has 1 heterocycles. The Hall–Kier alpha value is -1.68. The lowest BCUT2D eigenvalue weighted by molar-refractivity contribution is 0.0978. The number of Topliss-reactive ketones (excluding diaryl/α,β-unsaturated/α-hetero) is 1. The number of ketones is 2. The van der Waals surface area contributed by atoms with Crippen LogP contribution in [-0.4, -0.2) is 21.2 Å². The number of nitrogens with zero attached hydrogens (tertiary/aromatic N) is 1. The van der Waals surface area contributed by atoms with Crippen molar-refractivity contribution in [1.82, 2.24) is 4.57 Å². The van der Waals surface area contributed by atoms with Gasteiger partial charge in [-0.15, -0.1) is 0 Å².